The van der Waals surface area contributed by atoms with Crippen LogP contribution < -0.4 is 5.32 Å². The van der Waals surface area contributed by atoms with Gasteiger partial charge in [0.05, 0.1) is 0 Å². The zero-order chi connectivity index (χ0) is 16.7. The van der Waals surface area contributed by atoms with E-state index in [9.17, 15) is 14.3 Å². The van der Waals surface area contributed by atoms with Crippen LogP contribution in [0.15, 0.2) is 54.6 Å². The molecule has 4 heteroatoms. The van der Waals surface area contributed by atoms with Gasteiger partial charge in [-0.15, -0.1) is 0 Å². The second-order valence-electron chi connectivity index (χ2n) is 5.40. The Bertz CT molecular complexity index is 693. The van der Waals surface area contributed by atoms with Gasteiger partial charge in [-0.1, -0.05) is 24.3 Å². The first kappa shape index (κ1) is 16.7. The maximum absolute atomic E-state index is 13.2. The van der Waals surface area contributed by atoms with Crippen molar-refractivity contribution in [3.05, 3.63) is 71.6 Å². The van der Waals surface area contributed by atoms with E-state index in [2.05, 4.69) is 5.32 Å². The molecule has 0 fully saturated rings. The molecule has 120 valence electrons. The number of phenolic OH excluding ortho intramolecular Hbond substituents is 1. The summed E-state index contributed by atoms with van der Waals surface area (Å²) < 4.78 is 13.2. The molecule has 23 heavy (non-hydrogen) atoms. The summed E-state index contributed by atoms with van der Waals surface area (Å²) in [5.74, 6) is -0.248. The SMILES string of the molecule is C/C(=C/C(=O)NCCCc1ccc(O)cc1)c1cccc(F)c1. The second kappa shape index (κ2) is 8.13. The van der Waals surface area contributed by atoms with Gasteiger partial charge in [-0.2, -0.15) is 0 Å². The van der Waals surface area contributed by atoms with Gasteiger partial charge in [-0.25, -0.2) is 4.39 Å². The maximum atomic E-state index is 13.2. The highest BCUT2D eigenvalue weighted by molar-refractivity contribution is 5.94. The number of benzene rings is 2. The summed E-state index contributed by atoms with van der Waals surface area (Å²) in [6.45, 7) is 2.34. The molecule has 3 nitrogen and oxygen atoms in total. The fraction of sp³-hybridized carbons (Fsp3) is 0.211. The normalized spacial score (nSPS) is 11.3. The average molecular weight is 313 g/mol. The molecule has 2 N–H and O–H groups in total. The molecule has 0 aliphatic heterocycles. The van der Waals surface area contributed by atoms with Gasteiger partial charge in [0.1, 0.15) is 11.6 Å². The van der Waals surface area contributed by atoms with Crippen molar-refractivity contribution in [2.24, 2.45) is 0 Å². The number of hydrogen-bond donors (Lipinski definition) is 2. The molecule has 0 spiro atoms. The van der Waals surface area contributed by atoms with Gasteiger partial charge in [-0.05, 0) is 60.7 Å². The number of carbonyl (C=O) groups is 1. The summed E-state index contributed by atoms with van der Waals surface area (Å²) >= 11 is 0. The Balaban J connectivity index is 1.78. The lowest BCUT2D eigenvalue weighted by Crippen LogP contribution is -2.22. The third kappa shape index (κ3) is 5.58. The quantitative estimate of drug-likeness (QED) is 0.631. The van der Waals surface area contributed by atoms with Gasteiger partial charge in [0, 0.05) is 12.6 Å². The molecule has 0 saturated heterocycles. The van der Waals surface area contributed by atoms with Gasteiger partial charge < -0.3 is 10.4 Å². The van der Waals surface area contributed by atoms with E-state index in [0.29, 0.717) is 12.1 Å². The Morgan fingerprint density at radius 3 is 2.65 bits per heavy atom. The van der Waals surface area contributed by atoms with Crippen LogP contribution in [0.4, 0.5) is 4.39 Å². The summed E-state index contributed by atoms with van der Waals surface area (Å²) in [6.07, 6.45) is 3.12. The number of aryl methyl sites for hydroxylation is 1. The molecule has 0 aromatic heterocycles. The minimum atomic E-state index is -0.315. The number of amides is 1. The zero-order valence-electron chi connectivity index (χ0n) is 13.1. The number of nitrogens with one attached hydrogen (secondary N) is 1. The average Bonchev–Trinajstić information content (AvgIpc) is 2.53. The third-order valence-electron chi connectivity index (χ3n) is 3.51. The first-order valence-electron chi connectivity index (χ1n) is 7.54. The number of carbonyl (C=O) groups excluding carboxylic acids is 1. The summed E-state index contributed by atoms with van der Waals surface area (Å²) in [5.41, 5.74) is 2.54. The molecule has 2 aromatic carbocycles. The highest BCUT2D eigenvalue weighted by Gasteiger charge is 2.02. The molecular formula is C19H20FNO2. The topological polar surface area (TPSA) is 49.3 Å². The molecule has 0 bridgehead atoms. The third-order valence-corrected chi connectivity index (χ3v) is 3.51. The van der Waals surface area contributed by atoms with E-state index in [1.165, 1.54) is 18.2 Å². The fourth-order valence-electron chi connectivity index (χ4n) is 2.23. The van der Waals surface area contributed by atoms with Crippen LogP contribution in [0, 0.1) is 5.82 Å². The molecule has 0 aliphatic carbocycles. The van der Waals surface area contributed by atoms with Crippen molar-refractivity contribution in [1.29, 1.82) is 0 Å². The van der Waals surface area contributed by atoms with Crippen molar-refractivity contribution in [2.45, 2.75) is 19.8 Å². The zero-order valence-corrected chi connectivity index (χ0v) is 13.1. The predicted octanol–water partition coefficient (Wildman–Crippen LogP) is 3.68. The van der Waals surface area contributed by atoms with Crippen molar-refractivity contribution in [3.8, 4) is 5.75 Å². The second-order valence-corrected chi connectivity index (χ2v) is 5.40. The number of allylic oxidation sites excluding steroid dienone is 1. The number of halogens is 1. The van der Waals surface area contributed by atoms with Crippen LogP contribution in [0.2, 0.25) is 0 Å². The Morgan fingerprint density at radius 2 is 1.96 bits per heavy atom. The van der Waals surface area contributed by atoms with Crippen LogP contribution in [-0.2, 0) is 11.2 Å². The maximum Gasteiger partial charge on any atom is 0.244 e. The summed E-state index contributed by atoms with van der Waals surface area (Å²) in [4.78, 5) is 11.9. The van der Waals surface area contributed by atoms with Crippen molar-refractivity contribution in [2.75, 3.05) is 6.54 Å². The van der Waals surface area contributed by atoms with E-state index in [0.717, 1.165) is 24.0 Å². The lowest BCUT2D eigenvalue weighted by atomic mass is 10.1. The van der Waals surface area contributed by atoms with Crippen molar-refractivity contribution in [1.82, 2.24) is 5.32 Å². The molecule has 0 unspecified atom stereocenters. The molecule has 0 atom stereocenters. The Kier molecular flexibility index (Phi) is 5.92. The monoisotopic (exact) mass is 313 g/mol. The Morgan fingerprint density at radius 1 is 1.22 bits per heavy atom. The first-order valence-corrected chi connectivity index (χ1v) is 7.54. The molecule has 2 aromatic rings. The predicted molar refractivity (Wildman–Crippen MR) is 89.5 cm³/mol. The Labute approximate surface area is 135 Å². The van der Waals surface area contributed by atoms with Crippen LogP contribution in [0.1, 0.15) is 24.5 Å². The van der Waals surface area contributed by atoms with Crippen molar-refractivity contribution in [3.63, 3.8) is 0 Å². The molecular weight excluding hydrogens is 293 g/mol. The van der Waals surface area contributed by atoms with E-state index in [1.807, 2.05) is 12.1 Å². The van der Waals surface area contributed by atoms with E-state index < -0.39 is 0 Å². The smallest absolute Gasteiger partial charge is 0.244 e. The van der Waals surface area contributed by atoms with Crippen LogP contribution in [0.5, 0.6) is 5.75 Å². The summed E-state index contributed by atoms with van der Waals surface area (Å²) in [7, 11) is 0. The Hall–Kier alpha value is -2.62. The first-order chi connectivity index (χ1) is 11.0. The van der Waals surface area contributed by atoms with E-state index in [1.54, 1.807) is 31.2 Å². The van der Waals surface area contributed by atoms with Gasteiger partial charge in [0.25, 0.3) is 0 Å². The molecule has 0 radical (unpaired) electrons. The molecule has 0 heterocycles. The van der Waals surface area contributed by atoms with Crippen LogP contribution in [0.25, 0.3) is 5.57 Å². The van der Waals surface area contributed by atoms with Gasteiger partial charge in [-0.3, -0.25) is 4.79 Å². The van der Waals surface area contributed by atoms with E-state index >= 15 is 0 Å². The number of hydrogen-bond acceptors (Lipinski definition) is 2. The summed E-state index contributed by atoms with van der Waals surface area (Å²) in [5, 5.41) is 12.0. The van der Waals surface area contributed by atoms with Crippen LogP contribution in [0.3, 0.4) is 0 Å². The molecule has 1 amide bonds. The van der Waals surface area contributed by atoms with Crippen molar-refractivity contribution < 1.29 is 14.3 Å². The number of phenols is 1. The van der Waals surface area contributed by atoms with Gasteiger partial charge in [0.2, 0.25) is 5.91 Å². The fourth-order valence-corrected chi connectivity index (χ4v) is 2.23. The minimum Gasteiger partial charge on any atom is -0.508 e. The highest BCUT2D eigenvalue weighted by Crippen LogP contribution is 2.14. The van der Waals surface area contributed by atoms with E-state index in [4.69, 9.17) is 0 Å². The summed E-state index contributed by atoms with van der Waals surface area (Å²) in [6, 6.07) is 13.2. The standard InChI is InChI=1S/C19H20FNO2/c1-14(16-5-2-6-17(20)13-16)12-19(23)21-11-3-4-15-7-9-18(22)10-8-15/h2,5-10,12-13,22H,3-4,11H2,1H3,(H,21,23)/b14-12-. The van der Waals surface area contributed by atoms with Crippen LogP contribution >= 0.6 is 0 Å². The van der Waals surface area contributed by atoms with Gasteiger partial charge >= 0.3 is 0 Å². The largest absolute Gasteiger partial charge is 0.508 e. The van der Waals surface area contributed by atoms with Crippen LogP contribution in [-0.4, -0.2) is 17.6 Å². The number of rotatable bonds is 6. The van der Waals surface area contributed by atoms with Crippen molar-refractivity contribution >= 4 is 11.5 Å². The lowest BCUT2D eigenvalue weighted by Gasteiger charge is -2.05. The molecule has 2 rings (SSSR count). The lowest BCUT2D eigenvalue weighted by molar-refractivity contribution is -0.116. The van der Waals surface area contributed by atoms with Gasteiger partial charge in [0.15, 0.2) is 0 Å². The van der Waals surface area contributed by atoms with E-state index in [-0.39, 0.29) is 17.5 Å². The highest BCUT2D eigenvalue weighted by atomic mass is 19.1. The molecule has 0 saturated carbocycles. The molecule has 0 aliphatic rings. The number of aromatic hydroxyl groups is 1. The minimum absolute atomic E-state index is 0.183.